The average molecular weight is 245 g/mol. The van der Waals surface area contributed by atoms with Gasteiger partial charge >= 0.3 is 0 Å². The molecule has 0 fully saturated rings. The van der Waals surface area contributed by atoms with E-state index in [1.165, 1.54) is 0 Å². The number of amides is 1. The molecule has 4 heteroatoms. The summed E-state index contributed by atoms with van der Waals surface area (Å²) in [6.07, 6.45) is 1.11. The number of carbonyl (C=O) groups excluding carboxylic acids is 2. The molecule has 0 bridgehead atoms. The summed E-state index contributed by atoms with van der Waals surface area (Å²) in [5.74, 6) is -0.0774. The predicted octanol–water partition coefficient (Wildman–Crippen LogP) is 2.74. The standard InChI is InChI=1S/C13H11NO2S/c15-8-10-2-1-3-12(6-10)14-13(16)7-11-4-5-17-9-11/h1-6,8-9H,7H2,(H,14,16). The minimum atomic E-state index is -0.0774. The summed E-state index contributed by atoms with van der Waals surface area (Å²) in [4.78, 5) is 22.3. The first-order chi connectivity index (χ1) is 8.28. The lowest BCUT2D eigenvalue weighted by molar-refractivity contribution is -0.115. The van der Waals surface area contributed by atoms with Crippen LogP contribution >= 0.6 is 11.3 Å². The highest BCUT2D eigenvalue weighted by molar-refractivity contribution is 7.08. The molecule has 0 unspecified atom stereocenters. The third-order valence-electron chi connectivity index (χ3n) is 2.25. The molecule has 1 amide bonds. The van der Waals surface area contributed by atoms with Gasteiger partial charge in [0, 0.05) is 11.3 Å². The van der Waals surface area contributed by atoms with Gasteiger partial charge in [-0.1, -0.05) is 12.1 Å². The summed E-state index contributed by atoms with van der Waals surface area (Å²) in [6, 6.07) is 8.77. The fourth-order valence-electron chi connectivity index (χ4n) is 1.47. The quantitative estimate of drug-likeness (QED) is 0.842. The van der Waals surface area contributed by atoms with E-state index in [-0.39, 0.29) is 5.91 Å². The first kappa shape index (κ1) is 11.5. The zero-order valence-corrected chi connectivity index (χ0v) is 9.87. The predicted molar refractivity (Wildman–Crippen MR) is 68.5 cm³/mol. The van der Waals surface area contributed by atoms with Crippen molar-refractivity contribution in [2.45, 2.75) is 6.42 Å². The number of hydrogen-bond donors (Lipinski definition) is 1. The SMILES string of the molecule is O=Cc1cccc(NC(=O)Cc2ccsc2)c1. The Morgan fingerprint density at radius 2 is 2.24 bits per heavy atom. The molecule has 0 aliphatic carbocycles. The smallest absolute Gasteiger partial charge is 0.228 e. The fraction of sp³-hybridized carbons (Fsp3) is 0.0769. The zero-order valence-electron chi connectivity index (χ0n) is 9.05. The topological polar surface area (TPSA) is 46.2 Å². The lowest BCUT2D eigenvalue weighted by atomic mass is 10.2. The van der Waals surface area contributed by atoms with Gasteiger partial charge in [0.25, 0.3) is 0 Å². The number of rotatable bonds is 4. The van der Waals surface area contributed by atoms with Crippen LogP contribution in [0, 0.1) is 0 Å². The summed E-state index contributed by atoms with van der Waals surface area (Å²) in [5.41, 5.74) is 2.20. The monoisotopic (exact) mass is 245 g/mol. The van der Waals surface area contributed by atoms with E-state index in [2.05, 4.69) is 5.32 Å². The van der Waals surface area contributed by atoms with E-state index in [1.54, 1.807) is 35.6 Å². The van der Waals surface area contributed by atoms with Crippen LogP contribution in [-0.2, 0) is 11.2 Å². The van der Waals surface area contributed by atoms with Crippen molar-refractivity contribution in [2.75, 3.05) is 5.32 Å². The minimum absolute atomic E-state index is 0.0774. The van der Waals surface area contributed by atoms with Gasteiger partial charge in [-0.25, -0.2) is 0 Å². The molecule has 1 aromatic carbocycles. The Kier molecular flexibility index (Phi) is 3.67. The number of aldehydes is 1. The van der Waals surface area contributed by atoms with Crippen molar-refractivity contribution < 1.29 is 9.59 Å². The molecule has 2 aromatic rings. The molecule has 0 saturated carbocycles. The maximum Gasteiger partial charge on any atom is 0.228 e. The van der Waals surface area contributed by atoms with E-state index in [1.807, 2.05) is 16.8 Å². The van der Waals surface area contributed by atoms with E-state index in [9.17, 15) is 9.59 Å². The van der Waals surface area contributed by atoms with Crippen molar-refractivity contribution >= 4 is 29.2 Å². The van der Waals surface area contributed by atoms with Crippen LogP contribution in [0.2, 0.25) is 0 Å². The summed E-state index contributed by atoms with van der Waals surface area (Å²) >= 11 is 1.57. The number of thiophene rings is 1. The maximum atomic E-state index is 11.7. The average Bonchev–Trinajstić information content (AvgIpc) is 2.82. The van der Waals surface area contributed by atoms with Crippen molar-refractivity contribution in [2.24, 2.45) is 0 Å². The molecule has 0 atom stereocenters. The van der Waals surface area contributed by atoms with Crippen LogP contribution in [0.5, 0.6) is 0 Å². The lowest BCUT2D eigenvalue weighted by Gasteiger charge is -2.04. The van der Waals surface area contributed by atoms with Crippen LogP contribution in [0.15, 0.2) is 41.1 Å². The molecule has 0 radical (unpaired) electrons. The van der Waals surface area contributed by atoms with Crippen molar-refractivity contribution in [3.8, 4) is 0 Å². The number of hydrogen-bond acceptors (Lipinski definition) is 3. The number of benzene rings is 1. The van der Waals surface area contributed by atoms with Gasteiger partial charge in [0.05, 0.1) is 6.42 Å². The molecule has 0 aliphatic rings. The molecule has 2 rings (SSSR count). The zero-order chi connectivity index (χ0) is 12.1. The van der Waals surface area contributed by atoms with E-state index in [0.29, 0.717) is 17.7 Å². The van der Waals surface area contributed by atoms with E-state index in [4.69, 9.17) is 0 Å². The van der Waals surface area contributed by atoms with Crippen LogP contribution in [0.4, 0.5) is 5.69 Å². The molecule has 0 aliphatic heterocycles. The maximum absolute atomic E-state index is 11.7. The van der Waals surface area contributed by atoms with Gasteiger partial charge in [-0.05, 0) is 34.5 Å². The van der Waals surface area contributed by atoms with Crippen LogP contribution < -0.4 is 5.32 Å². The van der Waals surface area contributed by atoms with E-state index in [0.717, 1.165) is 11.8 Å². The number of anilines is 1. The van der Waals surface area contributed by atoms with Crippen molar-refractivity contribution in [3.05, 3.63) is 52.2 Å². The second-order valence-corrected chi connectivity index (χ2v) is 4.38. The van der Waals surface area contributed by atoms with Gasteiger partial charge in [0.15, 0.2) is 0 Å². The van der Waals surface area contributed by atoms with Gasteiger partial charge in [-0.15, -0.1) is 0 Å². The first-order valence-corrected chi connectivity index (χ1v) is 6.08. The van der Waals surface area contributed by atoms with Gasteiger partial charge in [-0.2, -0.15) is 11.3 Å². The molecule has 3 nitrogen and oxygen atoms in total. The molecule has 86 valence electrons. The lowest BCUT2D eigenvalue weighted by Crippen LogP contribution is -2.14. The second-order valence-electron chi connectivity index (χ2n) is 3.60. The highest BCUT2D eigenvalue weighted by Crippen LogP contribution is 2.11. The van der Waals surface area contributed by atoms with Gasteiger partial charge in [0.1, 0.15) is 6.29 Å². The highest BCUT2D eigenvalue weighted by Gasteiger charge is 2.04. The fourth-order valence-corrected chi connectivity index (χ4v) is 2.14. The largest absolute Gasteiger partial charge is 0.326 e. The Morgan fingerprint density at radius 1 is 1.35 bits per heavy atom. The molecule has 17 heavy (non-hydrogen) atoms. The summed E-state index contributed by atoms with van der Waals surface area (Å²) in [7, 11) is 0. The number of carbonyl (C=O) groups is 2. The van der Waals surface area contributed by atoms with Crippen LogP contribution in [0.3, 0.4) is 0 Å². The normalized spacial score (nSPS) is 9.88. The Hall–Kier alpha value is -1.94. The van der Waals surface area contributed by atoms with Gasteiger partial charge < -0.3 is 5.32 Å². The summed E-state index contributed by atoms with van der Waals surface area (Å²) in [5, 5.41) is 6.65. The third kappa shape index (κ3) is 3.26. The molecule has 0 saturated heterocycles. The Bertz CT molecular complexity index is 520. The van der Waals surface area contributed by atoms with Crippen molar-refractivity contribution in [1.82, 2.24) is 0 Å². The van der Waals surface area contributed by atoms with Crippen molar-refractivity contribution in [3.63, 3.8) is 0 Å². The number of nitrogens with one attached hydrogen (secondary N) is 1. The molecule has 1 aromatic heterocycles. The Labute approximate surface area is 103 Å². The van der Waals surface area contributed by atoms with Crippen LogP contribution in [0.1, 0.15) is 15.9 Å². The molecule has 1 heterocycles. The molecule has 1 N–H and O–H groups in total. The van der Waals surface area contributed by atoms with E-state index < -0.39 is 0 Å². The summed E-state index contributed by atoms with van der Waals surface area (Å²) < 4.78 is 0. The van der Waals surface area contributed by atoms with Gasteiger partial charge in [0.2, 0.25) is 5.91 Å². The summed E-state index contributed by atoms with van der Waals surface area (Å²) in [6.45, 7) is 0. The van der Waals surface area contributed by atoms with Gasteiger partial charge in [-0.3, -0.25) is 9.59 Å². The molecular weight excluding hydrogens is 234 g/mol. The van der Waals surface area contributed by atoms with E-state index >= 15 is 0 Å². The second kappa shape index (κ2) is 5.41. The Morgan fingerprint density at radius 3 is 2.94 bits per heavy atom. The first-order valence-electron chi connectivity index (χ1n) is 5.14. The minimum Gasteiger partial charge on any atom is -0.326 e. The third-order valence-corrected chi connectivity index (χ3v) is 2.98. The molecule has 0 spiro atoms. The van der Waals surface area contributed by atoms with Crippen molar-refractivity contribution in [1.29, 1.82) is 0 Å². The van der Waals surface area contributed by atoms with Crippen LogP contribution in [0.25, 0.3) is 0 Å². The van der Waals surface area contributed by atoms with Crippen LogP contribution in [-0.4, -0.2) is 12.2 Å². The highest BCUT2D eigenvalue weighted by atomic mass is 32.1. The Balaban J connectivity index is 2.00. The molecular formula is C13H11NO2S.